The number of halogens is 4. The zero-order chi connectivity index (χ0) is 31.6. The molecule has 7 rings (SSSR count). The van der Waals surface area contributed by atoms with Gasteiger partial charge in [0.15, 0.2) is 5.83 Å². The summed E-state index contributed by atoms with van der Waals surface area (Å²) in [7, 11) is 1.84. The van der Waals surface area contributed by atoms with Crippen molar-refractivity contribution in [2.24, 2.45) is 0 Å². The first-order valence-electron chi connectivity index (χ1n) is 14.8. The maximum absolute atomic E-state index is 14.5. The van der Waals surface area contributed by atoms with Gasteiger partial charge in [0.05, 0.1) is 28.3 Å². The molecule has 4 heterocycles. The molecule has 0 bridgehead atoms. The van der Waals surface area contributed by atoms with Crippen LogP contribution in [0.5, 0.6) is 5.88 Å². The first kappa shape index (κ1) is 29.4. The van der Waals surface area contributed by atoms with E-state index < -0.39 is 23.7 Å². The number of rotatable bonds is 6. The third-order valence-electron chi connectivity index (χ3n) is 9.41. The lowest BCUT2D eigenvalue weighted by Gasteiger charge is -2.48. The Morgan fingerprint density at radius 3 is 2.76 bits per heavy atom. The van der Waals surface area contributed by atoms with Gasteiger partial charge in [-0.25, -0.2) is 18.2 Å². The highest BCUT2D eigenvalue weighted by atomic mass is 35.5. The maximum atomic E-state index is 14.5. The van der Waals surface area contributed by atoms with E-state index in [0.29, 0.717) is 54.5 Å². The van der Waals surface area contributed by atoms with Crippen molar-refractivity contribution in [1.82, 2.24) is 14.8 Å². The number of nitrogens with zero attached hydrogens (tertiary/aromatic N) is 5. The number of pyridine rings is 1. The minimum atomic E-state index is -0.995. The van der Waals surface area contributed by atoms with Crippen molar-refractivity contribution in [2.45, 2.75) is 37.1 Å². The highest BCUT2D eigenvalue weighted by molar-refractivity contribution is 6.37. The Hall–Kier alpha value is -4.33. The molecule has 1 amide bonds. The van der Waals surface area contributed by atoms with E-state index in [-0.39, 0.29) is 41.2 Å². The lowest BCUT2D eigenvalue weighted by molar-refractivity contribution is -0.130. The Morgan fingerprint density at radius 2 is 2.02 bits per heavy atom. The second kappa shape index (κ2) is 11.2. The molecule has 3 aliphatic rings. The first-order valence-corrected chi connectivity index (χ1v) is 15.2. The number of amides is 1. The highest BCUT2D eigenvalue weighted by Crippen LogP contribution is 2.45. The van der Waals surface area contributed by atoms with Gasteiger partial charge >= 0.3 is 0 Å². The average molecular weight is 632 g/mol. The number of aromatic nitrogens is 1. The fourth-order valence-electron chi connectivity index (χ4n) is 7.11. The molecule has 0 N–H and O–H groups in total. The molecule has 3 saturated heterocycles. The van der Waals surface area contributed by atoms with Gasteiger partial charge in [0, 0.05) is 36.4 Å². The molecule has 4 atom stereocenters. The van der Waals surface area contributed by atoms with Gasteiger partial charge in [-0.2, -0.15) is 5.26 Å². The molecule has 0 radical (unpaired) electrons. The van der Waals surface area contributed by atoms with Crippen LogP contribution in [-0.2, 0) is 4.79 Å². The summed E-state index contributed by atoms with van der Waals surface area (Å²) in [6.07, 6.45) is -0.0381. The normalized spacial score (nSPS) is 22.8. The number of alkyl halides is 1. The van der Waals surface area contributed by atoms with Gasteiger partial charge in [0.2, 0.25) is 5.88 Å². The van der Waals surface area contributed by atoms with Crippen molar-refractivity contribution in [3.63, 3.8) is 0 Å². The van der Waals surface area contributed by atoms with Gasteiger partial charge in [0.1, 0.15) is 30.2 Å². The van der Waals surface area contributed by atoms with Gasteiger partial charge in [-0.3, -0.25) is 9.69 Å². The lowest BCUT2D eigenvalue weighted by atomic mass is 9.92. The molecule has 3 fully saturated rings. The summed E-state index contributed by atoms with van der Waals surface area (Å²) in [6.45, 7) is 4.40. The summed E-state index contributed by atoms with van der Waals surface area (Å²) in [5.41, 5.74) is 2.85. The fourth-order valence-corrected chi connectivity index (χ4v) is 7.39. The maximum Gasteiger partial charge on any atom is 0.282 e. The monoisotopic (exact) mass is 631 g/mol. The summed E-state index contributed by atoms with van der Waals surface area (Å²) < 4.78 is 48.6. The number of nitriles is 1. The lowest BCUT2D eigenvalue weighted by Crippen LogP contribution is -2.63. The Morgan fingerprint density at radius 1 is 1.20 bits per heavy atom. The van der Waals surface area contributed by atoms with Gasteiger partial charge in [-0.05, 0) is 48.5 Å². The summed E-state index contributed by atoms with van der Waals surface area (Å²) in [5.74, 6) is -2.10. The molecule has 0 spiro atoms. The van der Waals surface area contributed by atoms with E-state index in [1.807, 2.05) is 48.3 Å². The third-order valence-corrected chi connectivity index (χ3v) is 9.78. The summed E-state index contributed by atoms with van der Waals surface area (Å²) in [4.78, 5) is 22.7. The van der Waals surface area contributed by atoms with Crippen molar-refractivity contribution in [3.8, 4) is 23.1 Å². The van der Waals surface area contributed by atoms with E-state index in [1.54, 1.807) is 6.07 Å². The van der Waals surface area contributed by atoms with Crippen LogP contribution in [0.3, 0.4) is 0 Å². The third kappa shape index (κ3) is 4.86. The molecular weight excluding hydrogens is 603 g/mol. The van der Waals surface area contributed by atoms with Crippen LogP contribution in [0.1, 0.15) is 18.4 Å². The van der Waals surface area contributed by atoms with E-state index in [2.05, 4.69) is 17.5 Å². The van der Waals surface area contributed by atoms with E-state index in [1.165, 1.54) is 11.0 Å². The molecule has 3 aromatic carbocycles. The minimum Gasteiger partial charge on any atom is -0.475 e. The Kier molecular flexibility index (Phi) is 7.34. The molecule has 230 valence electrons. The molecule has 7 nitrogen and oxygen atoms in total. The summed E-state index contributed by atoms with van der Waals surface area (Å²) in [6, 6.07) is 16.0. The van der Waals surface area contributed by atoms with Gasteiger partial charge in [-0.15, -0.1) is 0 Å². The van der Waals surface area contributed by atoms with Crippen LogP contribution in [0, 0.1) is 17.1 Å². The smallest absolute Gasteiger partial charge is 0.282 e. The number of benzene rings is 3. The summed E-state index contributed by atoms with van der Waals surface area (Å²) >= 11 is 6.45. The van der Waals surface area contributed by atoms with Crippen molar-refractivity contribution in [2.75, 3.05) is 38.2 Å². The Bertz CT molecular complexity index is 1930. The van der Waals surface area contributed by atoms with Crippen LogP contribution >= 0.6 is 11.6 Å². The largest absolute Gasteiger partial charge is 0.475 e. The van der Waals surface area contributed by atoms with Crippen LogP contribution < -0.4 is 9.64 Å². The molecular formula is C34H29ClF3N5O2. The van der Waals surface area contributed by atoms with E-state index in [4.69, 9.17) is 21.3 Å². The second-order valence-corrected chi connectivity index (χ2v) is 12.3. The number of likely N-dealkylation sites (tertiary alicyclic amines) is 2. The molecule has 11 heteroatoms. The number of carbonyl (C=O) groups excluding carboxylic acids is 1. The summed E-state index contributed by atoms with van der Waals surface area (Å²) in [5, 5.41) is 12.5. The zero-order valence-corrected chi connectivity index (χ0v) is 25.2. The van der Waals surface area contributed by atoms with Crippen LogP contribution in [0.25, 0.3) is 32.8 Å². The average Bonchev–Trinajstić information content (AvgIpc) is 3.53. The topological polar surface area (TPSA) is 72.7 Å². The molecule has 0 aliphatic carbocycles. The van der Waals surface area contributed by atoms with Crippen molar-refractivity contribution in [3.05, 3.63) is 77.3 Å². The number of carbonyl (C=O) groups is 1. The quantitative estimate of drug-likeness (QED) is 0.229. The minimum absolute atomic E-state index is 0.0236. The fraction of sp³-hybridized carbons (Fsp3) is 0.324. The predicted octanol–water partition coefficient (Wildman–Crippen LogP) is 6.41. The molecule has 0 saturated carbocycles. The number of hydrogen-bond donors (Lipinski definition) is 0. The number of fused-ring (bicyclic) bond motifs is 3. The number of hydrogen-bond acceptors (Lipinski definition) is 6. The van der Waals surface area contributed by atoms with Crippen LogP contribution in [0.15, 0.2) is 60.9 Å². The zero-order valence-electron chi connectivity index (χ0n) is 24.4. The first-order chi connectivity index (χ1) is 21.7. The number of anilines is 1. The van der Waals surface area contributed by atoms with E-state index in [9.17, 15) is 23.2 Å². The molecule has 4 aromatic rings. The standard InChI is InChI=1S/C34H29ClF3N5O2/c1-18(36)34(44)42-11-10-28-29(42)16-43(28)32-24-8-6-20(23-5-3-4-19-7-9-26(38)31(35)30(19)23)12-27(24)40-33(25(32)14-39)45-17-22-13-21(37)15-41(22)2/h3-9,12,21-22,28-29H,1,10-11,13,15-17H2,2H3/t21-,22+,28-,29-/m1/s1. The molecule has 0 unspecified atom stereocenters. The van der Waals surface area contributed by atoms with E-state index in [0.717, 1.165) is 16.5 Å². The molecule has 1 aromatic heterocycles. The van der Waals surface area contributed by atoms with Gasteiger partial charge < -0.3 is 14.5 Å². The van der Waals surface area contributed by atoms with Crippen molar-refractivity contribution < 1.29 is 22.7 Å². The Labute approximate surface area is 263 Å². The number of ether oxygens (including phenoxy) is 1. The van der Waals surface area contributed by atoms with Gasteiger partial charge in [0.25, 0.3) is 5.91 Å². The Balaban J connectivity index is 1.34. The van der Waals surface area contributed by atoms with E-state index >= 15 is 0 Å². The molecule has 45 heavy (non-hydrogen) atoms. The van der Waals surface area contributed by atoms with Crippen molar-refractivity contribution in [1.29, 1.82) is 5.26 Å². The van der Waals surface area contributed by atoms with Crippen LogP contribution in [0.2, 0.25) is 5.02 Å². The highest BCUT2D eigenvalue weighted by Gasteiger charge is 2.50. The van der Waals surface area contributed by atoms with Crippen molar-refractivity contribution >= 4 is 44.9 Å². The molecule has 3 aliphatic heterocycles. The SMILES string of the molecule is C=C(F)C(=O)N1CC[C@@H]2[C@H]1CN2c1c(C#N)c(OC[C@@H]2C[C@@H](F)CN2C)nc2cc(-c3cccc4ccc(F)c(Cl)c34)ccc12. The second-order valence-electron chi connectivity index (χ2n) is 12.0. The van der Waals surface area contributed by atoms with Gasteiger partial charge in [-0.1, -0.05) is 54.6 Å². The van der Waals surface area contributed by atoms with Crippen LogP contribution in [0.4, 0.5) is 18.9 Å². The number of likely N-dealkylation sites (N-methyl/N-ethyl adjacent to an activating group) is 1. The predicted molar refractivity (Wildman–Crippen MR) is 167 cm³/mol. The van der Waals surface area contributed by atoms with Crippen LogP contribution in [-0.4, -0.2) is 78.3 Å².